The maximum atomic E-state index is 11.3. The number of benzene rings is 1. The number of nitrogens with one attached hydrogen (secondary N) is 2. The molecule has 0 spiro atoms. The number of hydrogen-bond acceptors (Lipinski definition) is 8. The van der Waals surface area contributed by atoms with Crippen LogP contribution < -0.4 is 15.5 Å². The molecule has 30 heavy (non-hydrogen) atoms. The molecular weight excluding hydrogens is 382 g/mol. The molecule has 2 aromatic rings. The lowest BCUT2D eigenvalue weighted by molar-refractivity contribution is -0.384. The average molecular weight is 409 g/mol. The Hall–Kier alpha value is -2.94. The van der Waals surface area contributed by atoms with E-state index in [1.54, 1.807) is 0 Å². The van der Waals surface area contributed by atoms with Crippen LogP contribution in [0.2, 0.25) is 0 Å². The zero-order valence-corrected chi connectivity index (χ0v) is 17.0. The predicted molar refractivity (Wildman–Crippen MR) is 116 cm³/mol. The molecule has 0 bridgehead atoms. The van der Waals surface area contributed by atoms with Crippen LogP contribution in [0.15, 0.2) is 30.5 Å². The molecule has 0 amide bonds. The molecular formula is C21H27N7O2. The van der Waals surface area contributed by atoms with E-state index in [1.807, 2.05) is 12.1 Å². The quantitative estimate of drug-likeness (QED) is 0.506. The predicted octanol–water partition coefficient (Wildman–Crippen LogP) is 3.23. The standard InChI is InChI=1S/C21H27N7O2/c29-28(30)19-13-22-21(25-20(19)23-16-6-7-16)24-17-2-1-3-18(12-17)27-10-8-26(9-11-27)14-15-4-5-15/h1-3,12-13,15-16H,4-11,14H2,(H2,22,23,24,25). The first-order valence-corrected chi connectivity index (χ1v) is 10.8. The van der Waals surface area contributed by atoms with Crippen LogP contribution in [-0.4, -0.2) is 58.6 Å². The zero-order valence-electron chi connectivity index (χ0n) is 17.0. The second kappa shape index (κ2) is 8.06. The molecule has 1 saturated heterocycles. The van der Waals surface area contributed by atoms with E-state index in [2.05, 4.69) is 42.5 Å². The fourth-order valence-corrected chi connectivity index (χ4v) is 3.86. The van der Waals surface area contributed by atoms with E-state index in [-0.39, 0.29) is 17.5 Å². The molecule has 1 aromatic heterocycles. The molecule has 3 aliphatic rings. The molecule has 2 saturated carbocycles. The summed E-state index contributed by atoms with van der Waals surface area (Å²) < 4.78 is 0. The van der Waals surface area contributed by atoms with Crippen LogP contribution in [0, 0.1) is 16.0 Å². The fraction of sp³-hybridized carbons (Fsp3) is 0.524. The first kappa shape index (κ1) is 19.0. The molecule has 0 atom stereocenters. The van der Waals surface area contributed by atoms with Crippen molar-refractivity contribution in [2.75, 3.05) is 48.3 Å². The monoisotopic (exact) mass is 409 g/mol. The smallest absolute Gasteiger partial charge is 0.329 e. The highest BCUT2D eigenvalue weighted by Crippen LogP contribution is 2.31. The molecule has 9 nitrogen and oxygen atoms in total. The summed E-state index contributed by atoms with van der Waals surface area (Å²) in [5.41, 5.74) is 1.95. The Morgan fingerprint density at radius 1 is 1.13 bits per heavy atom. The molecule has 0 unspecified atom stereocenters. The normalized spacial score (nSPS) is 19.5. The van der Waals surface area contributed by atoms with E-state index in [0.29, 0.717) is 5.95 Å². The van der Waals surface area contributed by atoms with Gasteiger partial charge < -0.3 is 15.5 Å². The summed E-state index contributed by atoms with van der Waals surface area (Å²) in [7, 11) is 0. The van der Waals surface area contributed by atoms with Crippen molar-refractivity contribution in [3.63, 3.8) is 0 Å². The number of nitrogens with zero attached hydrogens (tertiary/aromatic N) is 5. The second-order valence-electron chi connectivity index (χ2n) is 8.51. The van der Waals surface area contributed by atoms with Crippen LogP contribution in [0.25, 0.3) is 0 Å². The van der Waals surface area contributed by atoms with Gasteiger partial charge in [0.15, 0.2) is 0 Å². The maximum Gasteiger partial charge on any atom is 0.329 e. The van der Waals surface area contributed by atoms with E-state index >= 15 is 0 Å². The molecule has 2 heterocycles. The summed E-state index contributed by atoms with van der Waals surface area (Å²) in [6.45, 7) is 5.52. The Kier molecular flexibility index (Phi) is 5.12. The van der Waals surface area contributed by atoms with Gasteiger partial charge >= 0.3 is 5.69 Å². The van der Waals surface area contributed by atoms with Gasteiger partial charge in [0.25, 0.3) is 0 Å². The van der Waals surface area contributed by atoms with E-state index in [1.165, 1.54) is 31.3 Å². The summed E-state index contributed by atoms with van der Waals surface area (Å²) in [4.78, 5) is 24.3. The van der Waals surface area contributed by atoms with Gasteiger partial charge in [0.05, 0.1) is 4.92 Å². The molecule has 0 radical (unpaired) electrons. The van der Waals surface area contributed by atoms with Crippen molar-refractivity contribution in [3.05, 3.63) is 40.6 Å². The van der Waals surface area contributed by atoms with Gasteiger partial charge in [-0.1, -0.05) is 6.07 Å². The number of piperazine rings is 1. The van der Waals surface area contributed by atoms with Crippen LogP contribution in [0.3, 0.4) is 0 Å². The number of nitro groups is 1. The highest BCUT2D eigenvalue weighted by atomic mass is 16.6. The summed E-state index contributed by atoms with van der Waals surface area (Å²) in [5.74, 6) is 1.57. The highest BCUT2D eigenvalue weighted by Gasteiger charge is 2.27. The minimum atomic E-state index is -0.446. The van der Waals surface area contributed by atoms with Crippen molar-refractivity contribution in [1.82, 2.24) is 14.9 Å². The topological polar surface area (TPSA) is 99.5 Å². The summed E-state index contributed by atoms with van der Waals surface area (Å²) in [6, 6.07) is 8.47. The van der Waals surface area contributed by atoms with Gasteiger partial charge in [-0.25, -0.2) is 4.98 Å². The summed E-state index contributed by atoms with van der Waals surface area (Å²) in [5, 5.41) is 17.6. The van der Waals surface area contributed by atoms with Crippen LogP contribution in [0.4, 0.5) is 28.8 Å². The minimum Gasteiger partial charge on any atom is -0.369 e. The third-order valence-corrected chi connectivity index (χ3v) is 5.94. The van der Waals surface area contributed by atoms with Crippen LogP contribution in [-0.2, 0) is 0 Å². The Balaban J connectivity index is 1.26. The van der Waals surface area contributed by atoms with Gasteiger partial charge in [-0.2, -0.15) is 4.98 Å². The van der Waals surface area contributed by atoms with E-state index < -0.39 is 4.92 Å². The first-order chi connectivity index (χ1) is 14.6. The van der Waals surface area contributed by atoms with E-state index in [4.69, 9.17) is 0 Å². The van der Waals surface area contributed by atoms with Gasteiger partial charge in [-0.05, 0) is 49.8 Å². The van der Waals surface area contributed by atoms with E-state index in [0.717, 1.165) is 50.6 Å². The van der Waals surface area contributed by atoms with Gasteiger partial charge in [0.2, 0.25) is 11.8 Å². The lowest BCUT2D eigenvalue weighted by atomic mass is 10.2. The van der Waals surface area contributed by atoms with Crippen molar-refractivity contribution in [2.45, 2.75) is 31.7 Å². The first-order valence-electron chi connectivity index (χ1n) is 10.8. The van der Waals surface area contributed by atoms with Crippen molar-refractivity contribution in [1.29, 1.82) is 0 Å². The summed E-state index contributed by atoms with van der Waals surface area (Å²) in [6.07, 6.45) is 6.09. The highest BCUT2D eigenvalue weighted by molar-refractivity contribution is 5.65. The summed E-state index contributed by atoms with van der Waals surface area (Å²) >= 11 is 0. The third kappa shape index (κ3) is 4.62. The van der Waals surface area contributed by atoms with Gasteiger partial charge in [-0.3, -0.25) is 15.0 Å². The molecule has 5 rings (SSSR count). The second-order valence-corrected chi connectivity index (χ2v) is 8.51. The average Bonchev–Trinajstić information content (AvgIpc) is 3.66. The van der Waals surface area contributed by atoms with Crippen LogP contribution >= 0.6 is 0 Å². The Morgan fingerprint density at radius 2 is 1.93 bits per heavy atom. The number of anilines is 4. The fourth-order valence-electron chi connectivity index (χ4n) is 3.86. The van der Waals surface area contributed by atoms with Crippen LogP contribution in [0.1, 0.15) is 25.7 Å². The van der Waals surface area contributed by atoms with Gasteiger partial charge in [-0.15, -0.1) is 0 Å². The number of hydrogen-bond donors (Lipinski definition) is 2. The van der Waals surface area contributed by atoms with Crippen LogP contribution in [0.5, 0.6) is 0 Å². The van der Waals surface area contributed by atoms with Crippen molar-refractivity contribution < 1.29 is 4.92 Å². The molecule has 2 N–H and O–H groups in total. The lowest BCUT2D eigenvalue weighted by Crippen LogP contribution is -2.47. The Labute approximate surface area is 175 Å². The number of rotatable bonds is 8. The van der Waals surface area contributed by atoms with Crippen molar-refractivity contribution >= 4 is 28.8 Å². The maximum absolute atomic E-state index is 11.3. The van der Waals surface area contributed by atoms with Crippen molar-refractivity contribution in [2.24, 2.45) is 5.92 Å². The molecule has 3 fully saturated rings. The van der Waals surface area contributed by atoms with E-state index in [9.17, 15) is 10.1 Å². The molecule has 158 valence electrons. The zero-order chi connectivity index (χ0) is 20.5. The third-order valence-electron chi connectivity index (χ3n) is 5.94. The van der Waals surface area contributed by atoms with Gasteiger partial charge in [0, 0.05) is 50.1 Å². The SMILES string of the molecule is O=[N+]([O-])c1cnc(Nc2cccc(N3CCN(CC4CC4)CC3)c2)nc1NC1CC1. The molecule has 2 aliphatic carbocycles. The molecule has 9 heteroatoms. The Bertz CT molecular complexity index is 921. The van der Waals surface area contributed by atoms with Crippen molar-refractivity contribution in [3.8, 4) is 0 Å². The molecule has 1 aromatic carbocycles. The minimum absolute atomic E-state index is 0.0923. The van der Waals surface area contributed by atoms with Gasteiger partial charge in [0.1, 0.15) is 6.20 Å². The largest absolute Gasteiger partial charge is 0.369 e. The lowest BCUT2D eigenvalue weighted by Gasteiger charge is -2.36. The number of aromatic nitrogens is 2. The molecule has 1 aliphatic heterocycles. The Morgan fingerprint density at radius 3 is 2.63 bits per heavy atom.